The molecule has 0 aromatic heterocycles. The molecule has 2 aliphatic carbocycles. The summed E-state index contributed by atoms with van der Waals surface area (Å²) < 4.78 is 18.2. The van der Waals surface area contributed by atoms with Crippen molar-refractivity contribution in [2.24, 2.45) is 11.8 Å². The molecule has 0 spiro atoms. The van der Waals surface area contributed by atoms with Crippen molar-refractivity contribution in [3.8, 4) is 11.5 Å². The predicted octanol–water partition coefficient (Wildman–Crippen LogP) is 6.32. The highest BCUT2D eigenvalue weighted by molar-refractivity contribution is 5.47. The van der Waals surface area contributed by atoms with Crippen LogP contribution in [0.3, 0.4) is 0 Å². The van der Waals surface area contributed by atoms with Crippen LogP contribution in [0.15, 0.2) is 36.4 Å². The lowest BCUT2D eigenvalue weighted by molar-refractivity contribution is 0.356. The molecule has 31 heavy (non-hydrogen) atoms. The number of hydrogen-bond donors (Lipinski definition) is 0. The average molecular weight is 419 g/mol. The van der Waals surface area contributed by atoms with Crippen molar-refractivity contribution in [1.29, 1.82) is 0 Å². The number of aryl methyl sites for hydroxylation is 2. The van der Waals surface area contributed by atoms with Crippen molar-refractivity contribution < 1.29 is 14.2 Å². The number of fused-ring (bicyclic) bond motifs is 2. The van der Waals surface area contributed by atoms with Gasteiger partial charge in [0.15, 0.2) is 0 Å². The summed E-state index contributed by atoms with van der Waals surface area (Å²) in [6.45, 7) is 4.46. The van der Waals surface area contributed by atoms with Gasteiger partial charge in [-0.2, -0.15) is 0 Å². The molecule has 4 aliphatic rings. The first kappa shape index (κ1) is 19.8. The molecule has 2 aromatic rings. The van der Waals surface area contributed by atoms with Crippen LogP contribution >= 0.6 is 0 Å². The molecule has 6 unspecified atom stereocenters. The Morgan fingerprint density at radius 2 is 1.16 bits per heavy atom. The Kier molecular flexibility index (Phi) is 5.07. The zero-order valence-corrected chi connectivity index (χ0v) is 18.8. The van der Waals surface area contributed by atoms with Crippen LogP contribution in [0.2, 0.25) is 0 Å². The van der Waals surface area contributed by atoms with Gasteiger partial charge < -0.3 is 14.2 Å². The zero-order chi connectivity index (χ0) is 20.9. The summed E-state index contributed by atoms with van der Waals surface area (Å²) in [4.78, 5) is 0. The molecule has 2 saturated heterocycles. The van der Waals surface area contributed by atoms with E-state index >= 15 is 0 Å². The van der Waals surface area contributed by atoms with E-state index in [1.807, 2.05) is 0 Å². The molecule has 2 heterocycles. The Balaban J connectivity index is 1.23. The monoisotopic (exact) mass is 418 g/mol. The third kappa shape index (κ3) is 4.15. The van der Waals surface area contributed by atoms with Crippen LogP contribution in [0, 0.1) is 25.7 Å². The molecule has 6 rings (SSSR count). The first-order valence-corrected chi connectivity index (χ1v) is 12.3. The van der Waals surface area contributed by atoms with Crippen LogP contribution < -0.4 is 4.74 Å². The maximum atomic E-state index is 6.70. The number of epoxide rings is 2. The van der Waals surface area contributed by atoms with Gasteiger partial charge >= 0.3 is 0 Å². The third-order valence-corrected chi connectivity index (χ3v) is 8.17. The fraction of sp³-hybridized carbons (Fsp3) is 0.571. The zero-order valence-electron chi connectivity index (χ0n) is 18.8. The van der Waals surface area contributed by atoms with E-state index in [-0.39, 0.29) is 0 Å². The van der Waals surface area contributed by atoms with E-state index in [0.717, 1.165) is 24.3 Å². The SMILES string of the molecule is Cc1cccc(Oc2cccc(C)c2CC2CCC3OC3C2)c1CC1CCC2OC2C1. The van der Waals surface area contributed by atoms with Crippen molar-refractivity contribution in [1.82, 2.24) is 0 Å². The molecule has 2 aliphatic heterocycles. The minimum Gasteiger partial charge on any atom is -0.457 e. The molecular formula is C28H34O3. The second kappa shape index (κ2) is 7.94. The van der Waals surface area contributed by atoms with Crippen LogP contribution in [-0.4, -0.2) is 24.4 Å². The standard InChI is InChI=1S/C28H34O3/c1-17-5-3-7-23(21(17)13-19-9-11-25-27(15-19)30-25)29-24-8-4-6-18(2)22(24)14-20-10-12-26-28(16-20)31-26/h3-8,19-20,25-28H,9-16H2,1-2H3. The quantitative estimate of drug-likeness (QED) is 0.515. The van der Waals surface area contributed by atoms with E-state index in [0.29, 0.717) is 36.3 Å². The maximum absolute atomic E-state index is 6.70. The van der Waals surface area contributed by atoms with E-state index in [9.17, 15) is 0 Å². The molecule has 3 nitrogen and oxygen atoms in total. The predicted molar refractivity (Wildman–Crippen MR) is 122 cm³/mol. The number of hydrogen-bond acceptors (Lipinski definition) is 3. The van der Waals surface area contributed by atoms with Crippen molar-refractivity contribution in [3.05, 3.63) is 58.7 Å². The highest BCUT2D eigenvalue weighted by Crippen LogP contribution is 2.44. The Labute approximate surface area is 186 Å². The van der Waals surface area contributed by atoms with Crippen LogP contribution in [-0.2, 0) is 22.3 Å². The van der Waals surface area contributed by atoms with Gasteiger partial charge in [0.05, 0.1) is 24.4 Å². The normalized spacial score (nSPS) is 33.4. The second-order valence-electron chi connectivity index (χ2n) is 10.4. The van der Waals surface area contributed by atoms with Gasteiger partial charge in [-0.1, -0.05) is 24.3 Å². The molecule has 0 radical (unpaired) electrons. The summed E-state index contributed by atoms with van der Waals surface area (Å²) in [7, 11) is 0. The minimum absolute atomic E-state index is 0.529. The summed E-state index contributed by atoms with van der Waals surface area (Å²) in [5.74, 6) is 3.50. The van der Waals surface area contributed by atoms with E-state index in [4.69, 9.17) is 14.2 Å². The Bertz CT molecular complexity index is 889. The van der Waals surface area contributed by atoms with Crippen LogP contribution in [0.4, 0.5) is 0 Å². The number of ether oxygens (including phenoxy) is 3. The van der Waals surface area contributed by atoms with Crippen molar-refractivity contribution in [3.63, 3.8) is 0 Å². The Morgan fingerprint density at radius 3 is 1.61 bits per heavy atom. The van der Waals surface area contributed by atoms with Gasteiger partial charge in [0.1, 0.15) is 11.5 Å². The fourth-order valence-corrected chi connectivity index (χ4v) is 6.11. The van der Waals surface area contributed by atoms with Crippen molar-refractivity contribution >= 4 is 0 Å². The first-order valence-electron chi connectivity index (χ1n) is 12.3. The molecule has 2 aromatic carbocycles. The largest absolute Gasteiger partial charge is 0.457 e. The molecule has 6 atom stereocenters. The molecule has 0 amide bonds. The van der Waals surface area contributed by atoms with Gasteiger partial charge in [0.2, 0.25) is 0 Å². The van der Waals surface area contributed by atoms with Gasteiger partial charge in [-0.3, -0.25) is 0 Å². The Hall–Kier alpha value is -1.84. The van der Waals surface area contributed by atoms with E-state index < -0.39 is 0 Å². The molecule has 4 fully saturated rings. The lowest BCUT2D eigenvalue weighted by atomic mass is 9.83. The van der Waals surface area contributed by atoms with Crippen LogP contribution in [0.1, 0.15) is 60.8 Å². The Morgan fingerprint density at radius 1 is 0.677 bits per heavy atom. The fourth-order valence-electron chi connectivity index (χ4n) is 6.11. The van der Waals surface area contributed by atoms with Gasteiger partial charge in [-0.05, 0) is 111 Å². The van der Waals surface area contributed by atoms with Gasteiger partial charge in [0.25, 0.3) is 0 Å². The molecule has 2 saturated carbocycles. The van der Waals surface area contributed by atoms with E-state index in [2.05, 4.69) is 50.2 Å². The molecule has 0 N–H and O–H groups in total. The summed E-state index contributed by atoms with van der Waals surface area (Å²) in [5, 5.41) is 0. The second-order valence-corrected chi connectivity index (χ2v) is 10.4. The highest BCUT2D eigenvalue weighted by atomic mass is 16.6. The lowest BCUT2D eigenvalue weighted by Crippen LogP contribution is -2.17. The van der Waals surface area contributed by atoms with Crippen molar-refractivity contribution in [2.45, 2.75) is 89.6 Å². The topological polar surface area (TPSA) is 34.3 Å². The minimum atomic E-state index is 0.529. The average Bonchev–Trinajstić information content (AvgIpc) is 3.67. The highest BCUT2D eigenvalue weighted by Gasteiger charge is 2.44. The summed E-state index contributed by atoms with van der Waals surface area (Å²) >= 11 is 0. The molecular weight excluding hydrogens is 384 g/mol. The van der Waals surface area contributed by atoms with Gasteiger partial charge in [-0.25, -0.2) is 0 Å². The van der Waals surface area contributed by atoms with Crippen LogP contribution in [0.25, 0.3) is 0 Å². The van der Waals surface area contributed by atoms with E-state index in [1.54, 1.807) is 0 Å². The number of benzene rings is 2. The molecule has 0 bridgehead atoms. The maximum Gasteiger partial charge on any atom is 0.130 e. The first-order chi connectivity index (χ1) is 15.1. The van der Waals surface area contributed by atoms with E-state index in [1.165, 1.54) is 60.8 Å². The number of rotatable bonds is 6. The lowest BCUT2D eigenvalue weighted by Gasteiger charge is -2.24. The van der Waals surface area contributed by atoms with Gasteiger partial charge in [-0.15, -0.1) is 0 Å². The van der Waals surface area contributed by atoms with Crippen molar-refractivity contribution in [2.75, 3.05) is 0 Å². The third-order valence-electron chi connectivity index (χ3n) is 8.17. The van der Waals surface area contributed by atoms with Crippen LogP contribution in [0.5, 0.6) is 11.5 Å². The summed E-state index contributed by atoms with van der Waals surface area (Å²) in [5.41, 5.74) is 5.45. The summed E-state index contributed by atoms with van der Waals surface area (Å²) in [6, 6.07) is 13.1. The smallest absolute Gasteiger partial charge is 0.130 e. The van der Waals surface area contributed by atoms with Gasteiger partial charge in [0, 0.05) is 0 Å². The molecule has 3 heteroatoms. The summed E-state index contributed by atoms with van der Waals surface area (Å²) in [6.07, 6.45) is 11.8. The molecule has 164 valence electrons.